The van der Waals surface area contributed by atoms with Crippen molar-refractivity contribution in [2.45, 2.75) is 12.8 Å². The Bertz CT molecular complexity index is 1080. The molecule has 3 aromatic rings. The van der Waals surface area contributed by atoms with Crippen LogP contribution in [0.15, 0.2) is 54.9 Å². The molecule has 1 saturated heterocycles. The van der Waals surface area contributed by atoms with E-state index in [4.69, 9.17) is 10.1 Å². The number of nitrogens with one attached hydrogen (secondary N) is 3. The summed E-state index contributed by atoms with van der Waals surface area (Å²) < 4.78 is 5.99. The van der Waals surface area contributed by atoms with Gasteiger partial charge in [-0.05, 0) is 68.4 Å². The number of hydrogen-bond acceptors (Lipinski definition) is 8. The molecule has 3 N–H and O–H groups in total. The zero-order chi connectivity index (χ0) is 21.6. The fourth-order valence-electron chi connectivity index (χ4n) is 3.53. The number of carbonyl (C=O) groups is 1. The Morgan fingerprint density at radius 2 is 1.87 bits per heavy atom. The number of ketones is 1. The maximum atomic E-state index is 12.6. The van der Waals surface area contributed by atoms with Gasteiger partial charge in [0.05, 0.1) is 11.3 Å². The first-order valence-corrected chi connectivity index (χ1v) is 10.2. The number of anilines is 1. The predicted octanol–water partition coefficient (Wildman–Crippen LogP) is 3.31. The molecule has 1 aliphatic rings. The van der Waals surface area contributed by atoms with Crippen LogP contribution in [0, 0.1) is 11.3 Å². The lowest BCUT2D eigenvalue weighted by Gasteiger charge is -2.21. The van der Waals surface area contributed by atoms with Crippen LogP contribution < -0.4 is 15.4 Å². The lowest BCUT2D eigenvalue weighted by molar-refractivity contribution is -0.117. The summed E-state index contributed by atoms with van der Waals surface area (Å²) in [6.45, 7) is 1.65. The number of carbonyl (C=O) groups excluding carboxylic acids is 1. The Kier molecular flexibility index (Phi) is 6.28. The van der Waals surface area contributed by atoms with Gasteiger partial charge in [-0.25, -0.2) is 15.0 Å². The van der Waals surface area contributed by atoms with Crippen LogP contribution in [-0.2, 0) is 4.79 Å². The van der Waals surface area contributed by atoms with E-state index in [2.05, 4.69) is 25.6 Å². The molecular formula is C23H24N6O2. The Hall–Kier alpha value is -3.65. The van der Waals surface area contributed by atoms with Crippen molar-refractivity contribution >= 4 is 17.4 Å². The number of nitrogens with zero attached hydrogens (tertiary/aromatic N) is 3. The van der Waals surface area contributed by atoms with Crippen LogP contribution >= 0.6 is 0 Å². The smallest absolute Gasteiger partial charge is 0.228 e. The van der Waals surface area contributed by atoms with Crippen LogP contribution in [-0.4, -0.2) is 46.6 Å². The number of rotatable bonds is 7. The molecule has 0 atom stereocenters. The molecule has 8 heteroatoms. The SMILES string of the molecule is CNc1nccc(-c2cccnc2Oc2ccc(C(=N)C(=O)C3CCNCC3)cc2)n1. The third-order valence-corrected chi connectivity index (χ3v) is 5.24. The van der Waals surface area contributed by atoms with E-state index in [1.54, 1.807) is 49.8 Å². The molecule has 3 heterocycles. The maximum absolute atomic E-state index is 12.6. The molecule has 1 fully saturated rings. The minimum Gasteiger partial charge on any atom is -0.438 e. The van der Waals surface area contributed by atoms with E-state index >= 15 is 0 Å². The van der Waals surface area contributed by atoms with Gasteiger partial charge in [0.25, 0.3) is 0 Å². The average Bonchev–Trinajstić information content (AvgIpc) is 2.84. The number of aromatic nitrogens is 3. The summed E-state index contributed by atoms with van der Waals surface area (Å²) in [6.07, 6.45) is 4.89. The second-order valence-electron chi connectivity index (χ2n) is 7.26. The predicted molar refractivity (Wildman–Crippen MR) is 119 cm³/mol. The first kappa shape index (κ1) is 20.6. The minimum atomic E-state index is -0.0914. The van der Waals surface area contributed by atoms with Gasteiger partial charge in [-0.1, -0.05) is 0 Å². The summed E-state index contributed by atoms with van der Waals surface area (Å²) in [4.78, 5) is 25.6. The van der Waals surface area contributed by atoms with Crippen LogP contribution in [0.4, 0.5) is 5.95 Å². The highest BCUT2D eigenvalue weighted by molar-refractivity contribution is 6.45. The maximum Gasteiger partial charge on any atom is 0.228 e. The molecule has 0 saturated carbocycles. The third kappa shape index (κ3) is 4.75. The first-order valence-electron chi connectivity index (χ1n) is 10.2. The van der Waals surface area contributed by atoms with E-state index in [9.17, 15) is 4.79 Å². The lowest BCUT2D eigenvalue weighted by Crippen LogP contribution is -2.34. The molecule has 2 aromatic heterocycles. The number of hydrogen-bond donors (Lipinski definition) is 3. The average molecular weight is 416 g/mol. The van der Waals surface area contributed by atoms with Crippen LogP contribution in [0.25, 0.3) is 11.3 Å². The molecule has 1 aliphatic heterocycles. The van der Waals surface area contributed by atoms with Crippen LogP contribution in [0.2, 0.25) is 0 Å². The second kappa shape index (κ2) is 9.44. The fourth-order valence-corrected chi connectivity index (χ4v) is 3.53. The Labute approximate surface area is 180 Å². The zero-order valence-corrected chi connectivity index (χ0v) is 17.3. The van der Waals surface area contributed by atoms with Crippen LogP contribution in [0.5, 0.6) is 11.6 Å². The quantitative estimate of drug-likeness (QED) is 0.507. The zero-order valence-electron chi connectivity index (χ0n) is 17.3. The summed E-state index contributed by atoms with van der Waals surface area (Å²) in [5.41, 5.74) is 2.07. The van der Waals surface area contributed by atoms with Crippen molar-refractivity contribution in [1.82, 2.24) is 20.3 Å². The van der Waals surface area contributed by atoms with Gasteiger partial charge in [0.2, 0.25) is 11.8 Å². The summed E-state index contributed by atoms with van der Waals surface area (Å²) in [6, 6.07) is 12.5. The molecule has 0 radical (unpaired) electrons. The van der Waals surface area contributed by atoms with Crippen molar-refractivity contribution in [2.75, 3.05) is 25.5 Å². The van der Waals surface area contributed by atoms with E-state index in [1.807, 2.05) is 12.1 Å². The molecule has 0 unspecified atom stereocenters. The van der Waals surface area contributed by atoms with Crippen LogP contribution in [0.1, 0.15) is 18.4 Å². The molecule has 0 bridgehead atoms. The van der Waals surface area contributed by atoms with E-state index in [-0.39, 0.29) is 17.4 Å². The molecule has 4 rings (SSSR count). The van der Waals surface area contributed by atoms with Crippen LogP contribution in [0.3, 0.4) is 0 Å². The van der Waals surface area contributed by atoms with Crippen molar-refractivity contribution in [3.8, 4) is 22.9 Å². The summed E-state index contributed by atoms with van der Waals surface area (Å²) in [5, 5.41) is 14.5. The molecule has 158 valence electrons. The highest BCUT2D eigenvalue weighted by atomic mass is 16.5. The Balaban J connectivity index is 1.51. The Morgan fingerprint density at radius 3 is 2.61 bits per heavy atom. The van der Waals surface area contributed by atoms with Gasteiger partial charge in [0.1, 0.15) is 11.5 Å². The minimum absolute atomic E-state index is 0.0533. The Morgan fingerprint density at radius 1 is 1.10 bits per heavy atom. The molecule has 1 aromatic carbocycles. The van der Waals surface area contributed by atoms with Crippen molar-refractivity contribution < 1.29 is 9.53 Å². The molecule has 0 amide bonds. The molecule has 0 spiro atoms. The molecule has 31 heavy (non-hydrogen) atoms. The molecule has 0 aliphatic carbocycles. The molecule has 8 nitrogen and oxygen atoms in total. The number of benzene rings is 1. The highest BCUT2D eigenvalue weighted by Crippen LogP contribution is 2.30. The normalized spacial score (nSPS) is 14.1. The number of Topliss-reactive ketones (excluding diaryl/α,β-unsaturated/α-hetero) is 1. The van der Waals surface area contributed by atoms with Gasteiger partial charge in [0.15, 0.2) is 5.78 Å². The van der Waals surface area contributed by atoms with Gasteiger partial charge in [0, 0.05) is 30.9 Å². The van der Waals surface area contributed by atoms with E-state index in [0.717, 1.165) is 31.5 Å². The number of ether oxygens (including phenoxy) is 1. The summed E-state index contributed by atoms with van der Waals surface area (Å²) >= 11 is 0. The third-order valence-electron chi connectivity index (χ3n) is 5.24. The van der Waals surface area contributed by atoms with Gasteiger partial charge >= 0.3 is 0 Å². The fraction of sp³-hybridized carbons (Fsp3) is 0.261. The van der Waals surface area contributed by atoms with Crippen molar-refractivity contribution in [3.63, 3.8) is 0 Å². The van der Waals surface area contributed by atoms with E-state index in [0.29, 0.717) is 28.8 Å². The largest absolute Gasteiger partial charge is 0.438 e. The second-order valence-corrected chi connectivity index (χ2v) is 7.26. The summed E-state index contributed by atoms with van der Waals surface area (Å²) in [5.74, 6) is 1.32. The monoisotopic (exact) mass is 416 g/mol. The lowest BCUT2D eigenvalue weighted by atomic mass is 9.89. The van der Waals surface area contributed by atoms with Gasteiger partial charge in [-0.3, -0.25) is 10.2 Å². The first-order chi connectivity index (χ1) is 15.2. The number of pyridine rings is 1. The van der Waals surface area contributed by atoms with Gasteiger partial charge < -0.3 is 15.4 Å². The number of piperidine rings is 1. The van der Waals surface area contributed by atoms with E-state index in [1.165, 1.54) is 0 Å². The van der Waals surface area contributed by atoms with Crippen molar-refractivity contribution in [2.24, 2.45) is 5.92 Å². The molecular weight excluding hydrogens is 392 g/mol. The van der Waals surface area contributed by atoms with Crippen molar-refractivity contribution in [1.29, 1.82) is 5.41 Å². The van der Waals surface area contributed by atoms with E-state index < -0.39 is 0 Å². The summed E-state index contributed by atoms with van der Waals surface area (Å²) in [7, 11) is 1.76. The topological polar surface area (TPSA) is 113 Å². The van der Waals surface area contributed by atoms with Gasteiger partial charge in [-0.15, -0.1) is 0 Å². The van der Waals surface area contributed by atoms with Crippen molar-refractivity contribution in [3.05, 3.63) is 60.4 Å². The highest BCUT2D eigenvalue weighted by Gasteiger charge is 2.25. The van der Waals surface area contributed by atoms with Gasteiger partial charge in [-0.2, -0.15) is 0 Å². The standard InChI is InChI=1S/C23H24N6O2/c1-25-23-28-14-10-19(29-23)18-3-2-11-27-22(18)31-17-6-4-15(5-7-17)20(24)21(30)16-8-12-26-13-9-16/h2-7,10-11,14,16,24,26H,8-9,12-13H2,1H3,(H,25,28,29).